The highest BCUT2D eigenvalue weighted by Gasteiger charge is 2.96. The lowest BCUT2D eigenvalue weighted by atomic mass is 9.37. The molecule has 3 saturated carbocycles. The standard InChI is InChI=1S/C38H44O14/c1-19(39)49-22-16-23(50-25(40)12-11-20-9-7-6-8-10-20)35-18-48-37(44,30(42)45-5)29(35)33(3,28(41)26-27(35)32(22,2)17-47-26)38-24-15-21(34(38,4)52-38)36(43)13-14-46-31(36)51-24/h6-14,21-24,26-29,31,41,43-44H,15-18H2,1-5H3/b12-11+/t21-,22-,23+,24-,26-,27+,28-,29+,31+,32-,33-,34+,35+,36-,37+,38+/m1/s1. The summed E-state index contributed by atoms with van der Waals surface area (Å²) in [4.78, 5) is 40.3. The Labute approximate surface area is 299 Å². The van der Waals surface area contributed by atoms with Gasteiger partial charge in [0.2, 0.25) is 6.29 Å². The van der Waals surface area contributed by atoms with Crippen LogP contribution in [0.15, 0.2) is 48.7 Å². The fraction of sp³-hybridized carbons (Fsp3) is 0.658. The summed E-state index contributed by atoms with van der Waals surface area (Å²) in [6, 6.07) is 9.18. The van der Waals surface area contributed by atoms with Gasteiger partial charge in [0.15, 0.2) is 5.60 Å². The third-order valence-corrected chi connectivity index (χ3v) is 14.4. The first-order valence-corrected chi connectivity index (χ1v) is 17.8. The second-order valence-electron chi connectivity index (χ2n) is 16.5. The molecule has 3 N–H and O–H groups in total. The van der Waals surface area contributed by atoms with E-state index in [-0.39, 0.29) is 19.6 Å². The Morgan fingerprint density at radius 1 is 1.00 bits per heavy atom. The molecule has 7 fully saturated rings. The topological polar surface area (TPSA) is 189 Å². The van der Waals surface area contributed by atoms with Crippen LogP contribution < -0.4 is 0 Å². The van der Waals surface area contributed by atoms with E-state index in [1.54, 1.807) is 19.1 Å². The largest absolute Gasteiger partial charge is 0.469 e. The van der Waals surface area contributed by atoms with Crippen molar-refractivity contribution in [3.05, 3.63) is 54.3 Å². The fourth-order valence-electron chi connectivity index (χ4n) is 12.6. The monoisotopic (exact) mass is 724 g/mol. The molecular weight excluding hydrogens is 680 g/mol. The summed E-state index contributed by atoms with van der Waals surface area (Å²) in [6.07, 6.45) is -0.0874. The van der Waals surface area contributed by atoms with Gasteiger partial charge in [0.05, 0.1) is 44.9 Å². The number of methoxy groups -OCH3 is 1. The summed E-state index contributed by atoms with van der Waals surface area (Å²) < 4.78 is 49.2. The molecule has 0 amide bonds. The van der Waals surface area contributed by atoms with E-state index in [0.29, 0.717) is 6.42 Å². The van der Waals surface area contributed by atoms with E-state index in [2.05, 4.69) is 0 Å². The molecule has 14 heteroatoms. The van der Waals surface area contributed by atoms with Crippen molar-refractivity contribution in [2.45, 2.75) is 99.9 Å². The average Bonchev–Trinajstić information content (AvgIpc) is 3.44. The molecule has 9 rings (SSSR count). The second-order valence-corrected chi connectivity index (χ2v) is 16.5. The number of hydrogen-bond acceptors (Lipinski definition) is 14. The molecular formula is C38H44O14. The zero-order valence-electron chi connectivity index (χ0n) is 29.6. The van der Waals surface area contributed by atoms with E-state index >= 15 is 0 Å². The summed E-state index contributed by atoms with van der Waals surface area (Å²) >= 11 is 0. The maximum Gasteiger partial charge on any atom is 0.366 e. The van der Waals surface area contributed by atoms with Crippen LogP contribution in [0.25, 0.3) is 6.08 Å². The van der Waals surface area contributed by atoms with Gasteiger partial charge in [0.25, 0.3) is 5.79 Å². The zero-order chi connectivity index (χ0) is 36.9. The van der Waals surface area contributed by atoms with Gasteiger partial charge < -0.3 is 53.2 Å². The molecule has 14 nitrogen and oxygen atoms in total. The predicted molar refractivity (Wildman–Crippen MR) is 174 cm³/mol. The van der Waals surface area contributed by atoms with Gasteiger partial charge in [0.1, 0.15) is 23.4 Å². The second kappa shape index (κ2) is 10.6. The van der Waals surface area contributed by atoms with Crippen molar-refractivity contribution in [2.75, 3.05) is 20.3 Å². The number of rotatable bonds is 6. The molecule has 16 atom stereocenters. The van der Waals surface area contributed by atoms with E-state index in [1.807, 2.05) is 44.2 Å². The number of esters is 3. The summed E-state index contributed by atoms with van der Waals surface area (Å²) in [7, 11) is 1.13. The summed E-state index contributed by atoms with van der Waals surface area (Å²) in [6.45, 7) is 6.46. The van der Waals surface area contributed by atoms with Gasteiger partial charge in [-0.15, -0.1) is 0 Å². The molecule has 1 aromatic rings. The minimum atomic E-state index is -2.68. The van der Waals surface area contributed by atoms with Crippen LogP contribution >= 0.6 is 0 Å². The van der Waals surface area contributed by atoms with Gasteiger partial charge in [-0.25, -0.2) is 9.59 Å². The smallest absolute Gasteiger partial charge is 0.366 e. The molecule has 280 valence electrons. The molecule has 1 aromatic carbocycles. The van der Waals surface area contributed by atoms with Crippen molar-refractivity contribution in [3.8, 4) is 0 Å². The number of hydrogen-bond donors (Lipinski definition) is 3. The SMILES string of the molecule is COC(=O)[C@@]1(O)OC[C@@]23[C@@H](OC(=O)/C=C/c4ccccc4)C[C@@H](OC(C)=O)[C@@]4(C)CO[C@@H]([C@@H](O)[C@@](C)([C@]56O[C@@]5(C)[C@H]5C[C@H]6O[C@@H]6OC=C[C@]65O)[C@@H]21)[C@@H]43. The van der Waals surface area contributed by atoms with Gasteiger partial charge in [-0.3, -0.25) is 4.79 Å². The molecule has 0 unspecified atom stereocenters. The quantitative estimate of drug-likeness (QED) is 0.165. The number of ether oxygens (including phenoxy) is 8. The number of fused-ring (bicyclic) bond motifs is 7. The van der Waals surface area contributed by atoms with Gasteiger partial charge in [-0.05, 0) is 31.1 Å². The van der Waals surface area contributed by atoms with Crippen LogP contribution in [0.2, 0.25) is 0 Å². The van der Waals surface area contributed by atoms with Crippen LogP contribution in [-0.2, 0) is 52.3 Å². The van der Waals surface area contributed by atoms with Crippen LogP contribution in [0.4, 0.5) is 0 Å². The fourth-order valence-corrected chi connectivity index (χ4v) is 12.6. The van der Waals surface area contributed by atoms with Gasteiger partial charge >= 0.3 is 17.9 Å². The third kappa shape index (κ3) is 3.81. The number of carbonyl (C=O) groups excluding carboxylic acids is 3. The number of epoxide rings is 1. The minimum Gasteiger partial charge on any atom is -0.469 e. The van der Waals surface area contributed by atoms with E-state index in [4.69, 9.17) is 37.9 Å². The number of aliphatic hydroxyl groups is 3. The van der Waals surface area contributed by atoms with Crippen molar-refractivity contribution in [1.29, 1.82) is 0 Å². The molecule has 2 bridgehead atoms. The highest BCUT2D eigenvalue weighted by molar-refractivity contribution is 5.87. The van der Waals surface area contributed by atoms with Gasteiger partial charge in [-0.2, -0.15) is 0 Å². The summed E-state index contributed by atoms with van der Waals surface area (Å²) in [5.74, 6) is -7.76. The van der Waals surface area contributed by atoms with Crippen LogP contribution in [-0.4, -0.2) is 113 Å². The molecule has 8 aliphatic rings. The van der Waals surface area contributed by atoms with Crippen molar-refractivity contribution in [1.82, 2.24) is 0 Å². The van der Waals surface area contributed by atoms with E-state index in [1.165, 1.54) is 19.3 Å². The lowest BCUT2D eigenvalue weighted by Crippen LogP contribution is -2.78. The summed E-state index contributed by atoms with van der Waals surface area (Å²) in [5, 5.41) is 37.5. The molecule has 52 heavy (non-hydrogen) atoms. The Kier molecular flexibility index (Phi) is 7.04. The lowest BCUT2D eigenvalue weighted by Gasteiger charge is -2.66. The Morgan fingerprint density at radius 3 is 2.46 bits per heavy atom. The molecule has 4 saturated heterocycles. The Morgan fingerprint density at radius 2 is 1.75 bits per heavy atom. The van der Waals surface area contributed by atoms with Crippen LogP contribution in [0.5, 0.6) is 0 Å². The zero-order valence-corrected chi connectivity index (χ0v) is 29.6. The first kappa shape index (κ1) is 34.4. The third-order valence-electron chi connectivity index (χ3n) is 14.4. The molecule has 1 spiro atoms. The average molecular weight is 725 g/mol. The molecule has 5 aliphatic heterocycles. The van der Waals surface area contributed by atoms with Gasteiger partial charge in [0, 0.05) is 53.4 Å². The summed E-state index contributed by atoms with van der Waals surface area (Å²) in [5.41, 5.74) is -7.44. The number of aliphatic hydroxyl groups excluding tert-OH is 1. The van der Waals surface area contributed by atoms with Crippen molar-refractivity contribution in [3.63, 3.8) is 0 Å². The van der Waals surface area contributed by atoms with Crippen LogP contribution in [0.1, 0.15) is 46.1 Å². The minimum absolute atomic E-state index is 0.0228. The molecule has 5 heterocycles. The van der Waals surface area contributed by atoms with E-state index in [0.717, 1.165) is 12.7 Å². The normalized spacial score (nSPS) is 53.0. The van der Waals surface area contributed by atoms with Crippen molar-refractivity contribution >= 4 is 24.0 Å². The van der Waals surface area contributed by atoms with Crippen LogP contribution in [0.3, 0.4) is 0 Å². The Balaban J connectivity index is 1.23. The van der Waals surface area contributed by atoms with E-state index < -0.39 is 111 Å². The van der Waals surface area contributed by atoms with Crippen molar-refractivity contribution in [2.24, 2.45) is 34.0 Å². The highest BCUT2D eigenvalue weighted by Crippen LogP contribution is 2.82. The first-order valence-electron chi connectivity index (χ1n) is 17.8. The number of benzene rings is 1. The lowest BCUT2D eigenvalue weighted by molar-refractivity contribution is -0.314. The molecule has 3 aliphatic carbocycles. The predicted octanol–water partition coefficient (Wildman–Crippen LogP) is 1.39. The van der Waals surface area contributed by atoms with Crippen molar-refractivity contribution < 1.29 is 67.6 Å². The first-order chi connectivity index (χ1) is 24.6. The Bertz CT molecular complexity index is 1780. The van der Waals surface area contributed by atoms with Gasteiger partial charge in [-0.1, -0.05) is 44.2 Å². The van der Waals surface area contributed by atoms with Crippen LogP contribution in [0, 0.1) is 34.0 Å². The Hall–Kier alpha value is -3.37. The highest BCUT2D eigenvalue weighted by atomic mass is 16.7. The molecule has 0 radical (unpaired) electrons. The molecule has 0 aromatic heterocycles. The maximum atomic E-state index is 13.9. The maximum absolute atomic E-state index is 13.9. The van der Waals surface area contributed by atoms with E-state index in [9.17, 15) is 29.7 Å². The number of carbonyl (C=O) groups is 3.